The third-order valence-electron chi connectivity index (χ3n) is 4.78. The SMILES string of the molecule is C=CCCC(=O)N(C)[C@](CC#N)(CCN1CCC(F)(F)CC1)C(=O)O. The number of nitriles is 1. The summed E-state index contributed by atoms with van der Waals surface area (Å²) in [7, 11) is 1.38. The number of likely N-dealkylation sites (N-methyl/N-ethyl adjacent to an activating group) is 1. The standard InChI is InChI=1S/C17H25F2N3O3/c1-3-4-5-14(23)21(2)16(6-10-20,15(24)25)7-11-22-12-8-17(18,19)9-13-22/h3H,1,4-9,11-13H2,2H3,(H,24,25)/t16-/m1/s1. The molecule has 1 rings (SSSR count). The highest BCUT2D eigenvalue weighted by Gasteiger charge is 2.45. The Morgan fingerprint density at radius 3 is 2.52 bits per heavy atom. The van der Waals surface area contributed by atoms with Crippen molar-refractivity contribution >= 4 is 11.9 Å². The van der Waals surface area contributed by atoms with E-state index in [2.05, 4.69) is 6.58 Å². The molecule has 25 heavy (non-hydrogen) atoms. The lowest BCUT2D eigenvalue weighted by atomic mass is 9.88. The molecule has 1 heterocycles. The van der Waals surface area contributed by atoms with E-state index in [1.807, 2.05) is 6.07 Å². The summed E-state index contributed by atoms with van der Waals surface area (Å²) in [5.41, 5.74) is -1.66. The zero-order chi connectivity index (χ0) is 19.1. The lowest BCUT2D eigenvalue weighted by molar-refractivity contribution is -0.158. The number of nitrogens with zero attached hydrogens (tertiary/aromatic N) is 3. The molecule has 140 valence electrons. The first-order chi connectivity index (χ1) is 11.7. The predicted molar refractivity (Wildman–Crippen MR) is 88.0 cm³/mol. The Bertz CT molecular complexity index is 538. The fourth-order valence-electron chi connectivity index (χ4n) is 2.91. The van der Waals surface area contributed by atoms with Gasteiger partial charge in [-0.3, -0.25) is 4.79 Å². The van der Waals surface area contributed by atoms with Crippen LogP contribution >= 0.6 is 0 Å². The van der Waals surface area contributed by atoms with E-state index in [1.54, 1.807) is 11.0 Å². The van der Waals surface area contributed by atoms with Crippen LogP contribution in [0.15, 0.2) is 12.7 Å². The topological polar surface area (TPSA) is 84.6 Å². The number of likely N-dealkylation sites (tertiary alicyclic amines) is 1. The number of rotatable bonds is 9. The lowest BCUT2D eigenvalue weighted by Crippen LogP contribution is -2.57. The molecule has 0 spiro atoms. The van der Waals surface area contributed by atoms with E-state index in [1.165, 1.54) is 7.05 Å². The van der Waals surface area contributed by atoms with Crippen LogP contribution in [-0.2, 0) is 9.59 Å². The Kier molecular flexibility index (Phi) is 7.49. The summed E-state index contributed by atoms with van der Waals surface area (Å²) in [6.45, 7) is 4.11. The second kappa shape index (κ2) is 8.90. The minimum Gasteiger partial charge on any atom is -0.479 e. The first kappa shape index (κ1) is 21.0. The zero-order valence-electron chi connectivity index (χ0n) is 14.5. The molecule has 0 saturated carbocycles. The fraction of sp³-hybridized carbons (Fsp3) is 0.706. The molecule has 1 fully saturated rings. The van der Waals surface area contributed by atoms with Crippen LogP contribution in [0.25, 0.3) is 0 Å². The fourth-order valence-corrected chi connectivity index (χ4v) is 2.91. The highest BCUT2D eigenvalue weighted by atomic mass is 19.3. The molecule has 0 radical (unpaired) electrons. The number of piperidine rings is 1. The van der Waals surface area contributed by atoms with Crippen molar-refractivity contribution in [3.8, 4) is 6.07 Å². The van der Waals surface area contributed by atoms with E-state index in [9.17, 15) is 23.5 Å². The lowest BCUT2D eigenvalue weighted by Gasteiger charge is -2.39. The maximum atomic E-state index is 13.2. The van der Waals surface area contributed by atoms with Crippen molar-refractivity contribution < 1.29 is 23.5 Å². The van der Waals surface area contributed by atoms with Gasteiger partial charge in [-0.2, -0.15) is 5.26 Å². The number of carbonyl (C=O) groups is 2. The Labute approximate surface area is 146 Å². The van der Waals surface area contributed by atoms with Gasteiger partial charge in [0, 0.05) is 45.9 Å². The molecule has 1 N–H and O–H groups in total. The number of aliphatic carboxylic acids is 1. The second-order valence-electron chi connectivity index (χ2n) is 6.40. The molecule has 0 aromatic heterocycles. The van der Waals surface area contributed by atoms with E-state index in [-0.39, 0.29) is 57.6 Å². The predicted octanol–water partition coefficient (Wildman–Crippen LogP) is 2.27. The average Bonchev–Trinajstić information content (AvgIpc) is 2.56. The van der Waals surface area contributed by atoms with Gasteiger partial charge in [0.05, 0.1) is 12.5 Å². The van der Waals surface area contributed by atoms with Crippen LogP contribution < -0.4 is 0 Å². The van der Waals surface area contributed by atoms with Crippen LogP contribution in [-0.4, -0.2) is 64.9 Å². The number of carboxylic acids is 1. The molecular weight excluding hydrogens is 332 g/mol. The van der Waals surface area contributed by atoms with Gasteiger partial charge in [0.1, 0.15) is 0 Å². The first-order valence-corrected chi connectivity index (χ1v) is 8.26. The number of allylic oxidation sites excluding steroid dienone is 1. The highest BCUT2D eigenvalue weighted by Crippen LogP contribution is 2.30. The van der Waals surface area contributed by atoms with Gasteiger partial charge in [-0.15, -0.1) is 6.58 Å². The maximum Gasteiger partial charge on any atom is 0.330 e. The smallest absolute Gasteiger partial charge is 0.330 e. The molecule has 0 aromatic carbocycles. The Morgan fingerprint density at radius 1 is 1.44 bits per heavy atom. The molecule has 1 saturated heterocycles. The van der Waals surface area contributed by atoms with Gasteiger partial charge in [-0.25, -0.2) is 13.6 Å². The van der Waals surface area contributed by atoms with Gasteiger partial charge >= 0.3 is 5.97 Å². The Hall–Kier alpha value is -2.01. The highest BCUT2D eigenvalue weighted by molar-refractivity contribution is 5.87. The summed E-state index contributed by atoms with van der Waals surface area (Å²) in [4.78, 5) is 27.0. The van der Waals surface area contributed by atoms with E-state index in [0.29, 0.717) is 6.42 Å². The van der Waals surface area contributed by atoms with Crippen molar-refractivity contribution in [2.24, 2.45) is 0 Å². The quantitative estimate of drug-likeness (QED) is 0.640. The molecule has 1 aliphatic heterocycles. The number of halogens is 2. The zero-order valence-corrected chi connectivity index (χ0v) is 14.5. The van der Waals surface area contributed by atoms with Crippen LogP contribution in [0.1, 0.15) is 38.5 Å². The first-order valence-electron chi connectivity index (χ1n) is 8.26. The van der Waals surface area contributed by atoms with Crippen molar-refractivity contribution in [2.75, 3.05) is 26.7 Å². The monoisotopic (exact) mass is 357 g/mol. The molecule has 1 amide bonds. The molecule has 0 unspecified atom stereocenters. The molecule has 8 heteroatoms. The van der Waals surface area contributed by atoms with Crippen LogP contribution in [0.3, 0.4) is 0 Å². The number of carbonyl (C=O) groups excluding carboxylic acids is 1. The number of amides is 1. The van der Waals surface area contributed by atoms with E-state index < -0.39 is 17.4 Å². The summed E-state index contributed by atoms with van der Waals surface area (Å²) >= 11 is 0. The van der Waals surface area contributed by atoms with E-state index >= 15 is 0 Å². The number of alkyl halides is 2. The second-order valence-corrected chi connectivity index (χ2v) is 6.40. The van der Waals surface area contributed by atoms with Crippen LogP contribution in [0, 0.1) is 11.3 Å². The number of hydrogen-bond acceptors (Lipinski definition) is 4. The van der Waals surface area contributed by atoms with Crippen LogP contribution in [0.4, 0.5) is 8.78 Å². The number of hydrogen-bond donors (Lipinski definition) is 1. The Balaban J connectivity index is 2.85. The molecule has 1 atom stereocenters. The summed E-state index contributed by atoms with van der Waals surface area (Å²) in [5, 5.41) is 18.8. The average molecular weight is 357 g/mol. The maximum absolute atomic E-state index is 13.2. The summed E-state index contributed by atoms with van der Waals surface area (Å²) < 4.78 is 26.5. The summed E-state index contributed by atoms with van der Waals surface area (Å²) in [6, 6.07) is 1.85. The van der Waals surface area contributed by atoms with Crippen molar-refractivity contribution in [3.05, 3.63) is 12.7 Å². The minimum atomic E-state index is -2.68. The van der Waals surface area contributed by atoms with Gasteiger partial charge in [0.25, 0.3) is 5.92 Å². The molecule has 0 aliphatic carbocycles. The summed E-state index contributed by atoms with van der Waals surface area (Å²) in [6.07, 6.45) is 1.20. The third-order valence-corrected chi connectivity index (χ3v) is 4.78. The van der Waals surface area contributed by atoms with Crippen LogP contribution in [0.5, 0.6) is 0 Å². The normalized spacial score (nSPS) is 19.4. The molecular formula is C17H25F2N3O3. The van der Waals surface area contributed by atoms with Crippen molar-refractivity contribution in [2.45, 2.75) is 50.0 Å². The van der Waals surface area contributed by atoms with E-state index in [0.717, 1.165) is 4.90 Å². The van der Waals surface area contributed by atoms with Gasteiger partial charge in [0.2, 0.25) is 5.91 Å². The van der Waals surface area contributed by atoms with E-state index in [4.69, 9.17) is 5.26 Å². The third kappa shape index (κ3) is 5.49. The van der Waals surface area contributed by atoms with Gasteiger partial charge < -0.3 is 14.9 Å². The van der Waals surface area contributed by atoms with Crippen molar-refractivity contribution in [1.29, 1.82) is 5.26 Å². The minimum absolute atomic E-state index is 0.0117. The Morgan fingerprint density at radius 2 is 2.04 bits per heavy atom. The molecule has 6 nitrogen and oxygen atoms in total. The molecule has 0 aromatic rings. The van der Waals surface area contributed by atoms with Gasteiger partial charge in [-0.1, -0.05) is 6.08 Å². The van der Waals surface area contributed by atoms with Gasteiger partial charge in [-0.05, 0) is 12.8 Å². The van der Waals surface area contributed by atoms with Crippen molar-refractivity contribution in [1.82, 2.24) is 9.80 Å². The van der Waals surface area contributed by atoms with Crippen molar-refractivity contribution in [3.63, 3.8) is 0 Å². The van der Waals surface area contributed by atoms with Crippen LogP contribution in [0.2, 0.25) is 0 Å². The molecule has 1 aliphatic rings. The largest absolute Gasteiger partial charge is 0.479 e. The molecule has 0 bridgehead atoms. The number of carboxylic acid groups (broad SMARTS) is 1. The van der Waals surface area contributed by atoms with Gasteiger partial charge in [0.15, 0.2) is 5.54 Å². The summed E-state index contributed by atoms with van der Waals surface area (Å²) in [5.74, 6) is -4.32.